The molecule has 0 aliphatic heterocycles. The number of rotatable bonds is 19. The Balaban J connectivity index is 1.18. The first-order valence-corrected chi connectivity index (χ1v) is 17.4. The summed E-state index contributed by atoms with van der Waals surface area (Å²) in [6, 6.07) is 26.8. The van der Waals surface area contributed by atoms with Crippen LogP contribution in [0.15, 0.2) is 121 Å². The molecular formula is C44H44O10. The molecule has 0 saturated heterocycles. The Morgan fingerprint density at radius 2 is 1.09 bits per heavy atom. The van der Waals surface area contributed by atoms with E-state index in [1.54, 1.807) is 69.3 Å². The Morgan fingerprint density at radius 3 is 1.67 bits per heavy atom. The lowest BCUT2D eigenvalue weighted by Crippen LogP contribution is -2.10. The summed E-state index contributed by atoms with van der Waals surface area (Å²) in [5, 5.41) is 0. The van der Waals surface area contributed by atoms with Gasteiger partial charge in [-0.3, -0.25) is 0 Å². The second-order valence-corrected chi connectivity index (χ2v) is 12.3. The van der Waals surface area contributed by atoms with Crippen molar-refractivity contribution in [3.63, 3.8) is 0 Å². The minimum absolute atomic E-state index is 0.219. The van der Waals surface area contributed by atoms with E-state index >= 15 is 0 Å². The average molecular weight is 733 g/mol. The average Bonchev–Trinajstić information content (AvgIpc) is 3.16. The van der Waals surface area contributed by atoms with Crippen molar-refractivity contribution >= 4 is 30.0 Å². The number of hydrogen-bond donors (Lipinski definition) is 0. The molecule has 10 nitrogen and oxygen atoms in total. The Kier molecular flexibility index (Phi) is 15.4. The number of carbonyl (C=O) groups is 4. The number of unbranched alkanes of at least 4 members (excludes halogenated alkanes) is 1. The second kappa shape index (κ2) is 20.6. The molecule has 0 aliphatic rings. The van der Waals surface area contributed by atoms with Crippen molar-refractivity contribution in [2.24, 2.45) is 0 Å². The third-order valence-corrected chi connectivity index (χ3v) is 7.70. The van der Waals surface area contributed by atoms with Crippen LogP contribution in [0.5, 0.6) is 23.0 Å². The molecule has 0 aliphatic carbocycles. The third kappa shape index (κ3) is 13.3. The van der Waals surface area contributed by atoms with Crippen LogP contribution in [0.1, 0.15) is 54.6 Å². The van der Waals surface area contributed by atoms with Gasteiger partial charge in [-0.05, 0) is 117 Å². The maximum atomic E-state index is 12.7. The number of esters is 4. The Hall–Kier alpha value is -6.42. The number of benzene rings is 4. The topological polar surface area (TPSA) is 124 Å². The molecule has 0 unspecified atom stereocenters. The van der Waals surface area contributed by atoms with Gasteiger partial charge in [0.05, 0.1) is 32.0 Å². The van der Waals surface area contributed by atoms with Crippen molar-refractivity contribution in [3.05, 3.63) is 138 Å². The standard InChI is InChI=1S/C44H44O10/c1-30(2)42(46)51-26-7-6-25-49-37-18-14-35(15-19-37)34-12-9-33(10-13-34)11-24-41(45)54-40-23-22-39(29-32(40)5)53-44(48)36-16-20-38(21-17-36)50-27-8-28-52-43(47)31(3)4/h9-24,29H,1,3,6-8,25-28H2,2,4-5H3/b24-11+. The molecule has 0 bridgehead atoms. The predicted molar refractivity (Wildman–Crippen MR) is 206 cm³/mol. The zero-order valence-electron chi connectivity index (χ0n) is 30.8. The second-order valence-electron chi connectivity index (χ2n) is 12.3. The van der Waals surface area contributed by atoms with Crippen molar-refractivity contribution in [1.82, 2.24) is 0 Å². The van der Waals surface area contributed by atoms with Gasteiger partial charge < -0.3 is 28.4 Å². The summed E-state index contributed by atoms with van der Waals surface area (Å²) in [7, 11) is 0. The van der Waals surface area contributed by atoms with Crippen LogP contribution in [0.2, 0.25) is 0 Å². The zero-order chi connectivity index (χ0) is 38.9. The molecule has 10 heteroatoms. The van der Waals surface area contributed by atoms with Gasteiger partial charge in [-0.1, -0.05) is 49.6 Å². The van der Waals surface area contributed by atoms with Crippen LogP contribution < -0.4 is 18.9 Å². The van der Waals surface area contributed by atoms with Gasteiger partial charge in [0, 0.05) is 23.6 Å². The summed E-state index contributed by atoms with van der Waals surface area (Å²) < 4.78 is 32.6. The van der Waals surface area contributed by atoms with Gasteiger partial charge in [-0.25, -0.2) is 19.2 Å². The smallest absolute Gasteiger partial charge is 0.343 e. The SMILES string of the molecule is C=C(C)C(=O)OCCCCOc1ccc(-c2ccc(/C=C/C(=O)Oc3ccc(OC(=O)c4ccc(OCCCOC(=O)C(=C)C)cc4)cc3C)cc2)cc1. The Labute approximate surface area is 315 Å². The molecule has 0 saturated carbocycles. The van der Waals surface area contributed by atoms with E-state index in [1.807, 2.05) is 48.5 Å². The molecule has 0 amide bonds. The van der Waals surface area contributed by atoms with Crippen molar-refractivity contribution in [1.29, 1.82) is 0 Å². The van der Waals surface area contributed by atoms with Crippen LogP contribution in [0.3, 0.4) is 0 Å². The molecule has 4 aromatic rings. The largest absolute Gasteiger partial charge is 0.494 e. The van der Waals surface area contributed by atoms with E-state index < -0.39 is 17.9 Å². The van der Waals surface area contributed by atoms with Gasteiger partial charge in [0.25, 0.3) is 0 Å². The molecule has 0 heterocycles. The van der Waals surface area contributed by atoms with E-state index in [2.05, 4.69) is 13.2 Å². The lowest BCUT2D eigenvalue weighted by molar-refractivity contribution is -0.140. The highest BCUT2D eigenvalue weighted by Crippen LogP contribution is 2.26. The van der Waals surface area contributed by atoms with E-state index in [0.717, 1.165) is 28.9 Å². The summed E-state index contributed by atoms with van der Waals surface area (Å²) >= 11 is 0. The van der Waals surface area contributed by atoms with Crippen molar-refractivity contribution in [3.8, 4) is 34.1 Å². The molecule has 0 atom stereocenters. The fourth-order valence-electron chi connectivity index (χ4n) is 4.71. The molecular weight excluding hydrogens is 688 g/mol. The van der Waals surface area contributed by atoms with Gasteiger partial charge in [-0.15, -0.1) is 0 Å². The molecule has 0 fully saturated rings. The van der Waals surface area contributed by atoms with Crippen LogP contribution >= 0.6 is 0 Å². The quantitative estimate of drug-likeness (QED) is 0.0400. The van der Waals surface area contributed by atoms with Crippen LogP contribution in [-0.4, -0.2) is 50.3 Å². The lowest BCUT2D eigenvalue weighted by atomic mass is 10.0. The van der Waals surface area contributed by atoms with Crippen molar-refractivity contribution in [2.45, 2.75) is 40.0 Å². The van der Waals surface area contributed by atoms with Gasteiger partial charge in [0.1, 0.15) is 23.0 Å². The van der Waals surface area contributed by atoms with Gasteiger partial charge in [0.2, 0.25) is 0 Å². The Morgan fingerprint density at radius 1 is 0.593 bits per heavy atom. The van der Waals surface area contributed by atoms with Crippen LogP contribution in [-0.2, 0) is 23.9 Å². The van der Waals surface area contributed by atoms with Gasteiger partial charge in [-0.2, -0.15) is 0 Å². The number of aryl methyl sites for hydroxylation is 1. The van der Waals surface area contributed by atoms with E-state index in [9.17, 15) is 19.2 Å². The van der Waals surface area contributed by atoms with Gasteiger partial charge >= 0.3 is 23.9 Å². The number of carbonyl (C=O) groups excluding carboxylic acids is 4. The highest BCUT2D eigenvalue weighted by molar-refractivity contribution is 5.91. The van der Waals surface area contributed by atoms with E-state index in [-0.39, 0.29) is 12.6 Å². The molecule has 4 aromatic carbocycles. The lowest BCUT2D eigenvalue weighted by Gasteiger charge is -2.10. The van der Waals surface area contributed by atoms with Crippen LogP contribution in [0.4, 0.5) is 0 Å². The highest BCUT2D eigenvalue weighted by atomic mass is 16.5. The summed E-state index contributed by atoms with van der Waals surface area (Å²) in [4.78, 5) is 48.1. The summed E-state index contributed by atoms with van der Waals surface area (Å²) in [5.74, 6) is 0.0400. The van der Waals surface area contributed by atoms with E-state index in [1.165, 1.54) is 6.08 Å². The number of ether oxygens (including phenoxy) is 6. The third-order valence-electron chi connectivity index (χ3n) is 7.70. The van der Waals surface area contributed by atoms with E-state index in [4.69, 9.17) is 28.4 Å². The summed E-state index contributed by atoms with van der Waals surface area (Å²) in [6.07, 6.45) is 5.00. The predicted octanol–water partition coefficient (Wildman–Crippen LogP) is 8.67. The zero-order valence-corrected chi connectivity index (χ0v) is 30.8. The highest BCUT2D eigenvalue weighted by Gasteiger charge is 2.12. The first kappa shape index (κ1) is 40.4. The molecule has 0 aromatic heterocycles. The molecule has 280 valence electrons. The first-order chi connectivity index (χ1) is 26.0. The van der Waals surface area contributed by atoms with Crippen LogP contribution in [0, 0.1) is 6.92 Å². The summed E-state index contributed by atoms with van der Waals surface area (Å²) in [5.41, 5.74) is 4.53. The van der Waals surface area contributed by atoms with Crippen LogP contribution in [0.25, 0.3) is 17.2 Å². The maximum Gasteiger partial charge on any atom is 0.343 e. The summed E-state index contributed by atoms with van der Waals surface area (Å²) in [6.45, 7) is 13.5. The molecule has 0 spiro atoms. The molecule has 54 heavy (non-hydrogen) atoms. The number of hydrogen-bond acceptors (Lipinski definition) is 10. The monoisotopic (exact) mass is 732 g/mol. The molecule has 0 radical (unpaired) electrons. The maximum absolute atomic E-state index is 12.7. The molecule has 4 rings (SSSR count). The van der Waals surface area contributed by atoms with Crippen molar-refractivity contribution in [2.75, 3.05) is 26.4 Å². The Bertz CT molecular complexity index is 1960. The fourth-order valence-corrected chi connectivity index (χ4v) is 4.71. The van der Waals surface area contributed by atoms with E-state index in [0.29, 0.717) is 72.2 Å². The van der Waals surface area contributed by atoms with Gasteiger partial charge in [0.15, 0.2) is 0 Å². The minimum atomic E-state index is -0.554. The first-order valence-electron chi connectivity index (χ1n) is 17.4. The minimum Gasteiger partial charge on any atom is -0.494 e. The normalized spacial score (nSPS) is 10.6. The fraction of sp³-hybridized carbons (Fsp3) is 0.227. The molecule has 0 N–H and O–H groups in total. The van der Waals surface area contributed by atoms with Crippen molar-refractivity contribution < 1.29 is 47.6 Å².